The lowest BCUT2D eigenvalue weighted by atomic mass is 10.1. The van der Waals surface area contributed by atoms with Crippen LogP contribution in [0, 0.1) is 5.92 Å². The molecule has 0 aliphatic rings. The summed E-state index contributed by atoms with van der Waals surface area (Å²) in [7, 11) is 1.76. The van der Waals surface area contributed by atoms with Crippen LogP contribution < -0.4 is 5.32 Å². The monoisotopic (exact) mass is 282 g/mol. The highest BCUT2D eigenvalue weighted by Crippen LogP contribution is 2.08. The second-order valence-corrected chi connectivity index (χ2v) is 5.74. The van der Waals surface area contributed by atoms with Crippen molar-refractivity contribution < 1.29 is 4.74 Å². The molecule has 1 heterocycles. The van der Waals surface area contributed by atoms with Gasteiger partial charge in [-0.15, -0.1) is 0 Å². The van der Waals surface area contributed by atoms with Gasteiger partial charge in [0.05, 0.1) is 0 Å². The Morgan fingerprint density at radius 2 is 2.20 bits per heavy atom. The summed E-state index contributed by atoms with van der Waals surface area (Å²) in [6.07, 6.45) is 5.96. The molecule has 1 atom stereocenters. The molecule has 1 rings (SSSR count). The Labute approximate surface area is 123 Å². The van der Waals surface area contributed by atoms with Crippen molar-refractivity contribution in [1.82, 2.24) is 20.1 Å². The van der Waals surface area contributed by atoms with Crippen LogP contribution >= 0.6 is 0 Å². The van der Waals surface area contributed by atoms with Crippen molar-refractivity contribution in [3.63, 3.8) is 0 Å². The Bertz CT molecular complexity index is 351. The lowest BCUT2D eigenvalue weighted by Crippen LogP contribution is -2.33. The van der Waals surface area contributed by atoms with E-state index in [0.29, 0.717) is 12.0 Å². The highest BCUT2D eigenvalue weighted by Gasteiger charge is 2.13. The Hall–Kier alpha value is -0.940. The van der Waals surface area contributed by atoms with E-state index in [1.165, 1.54) is 0 Å². The number of hydrogen-bond acceptors (Lipinski definition) is 4. The van der Waals surface area contributed by atoms with E-state index in [-0.39, 0.29) is 0 Å². The molecule has 1 aromatic heterocycles. The van der Waals surface area contributed by atoms with Crippen molar-refractivity contribution >= 4 is 0 Å². The summed E-state index contributed by atoms with van der Waals surface area (Å²) in [5.41, 5.74) is 0. The summed E-state index contributed by atoms with van der Waals surface area (Å²) in [6, 6.07) is 0.459. The van der Waals surface area contributed by atoms with Crippen LogP contribution in [0.3, 0.4) is 0 Å². The first-order valence-electron chi connectivity index (χ1n) is 7.76. The molecule has 1 unspecified atom stereocenters. The van der Waals surface area contributed by atoms with Crippen molar-refractivity contribution in [2.24, 2.45) is 5.92 Å². The van der Waals surface area contributed by atoms with Gasteiger partial charge in [0.15, 0.2) is 0 Å². The van der Waals surface area contributed by atoms with E-state index in [1.807, 2.05) is 4.68 Å². The quantitative estimate of drug-likeness (QED) is 0.633. The minimum Gasteiger partial charge on any atom is -0.385 e. The lowest BCUT2D eigenvalue weighted by molar-refractivity contribution is 0.188. The van der Waals surface area contributed by atoms with E-state index in [2.05, 4.69) is 36.2 Å². The van der Waals surface area contributed by atoms with Gasteiger partial charge in [-0.1, -0.05) is 20.8 Å². The fourth-order valence-electron chi connectivity index (χ4n) is 2.26. The average molecular weight is 282 g/mol. The van der Waals surface area contributed by atoms with Crippen molar-refractivity contribution in [2.45, 2.75) is 59.0 Å². The number of rotatable bonds is 11. The fourth-order valence-corrected chi connectivity index (χ4v) is 2.26. The van der Waals surface area contributed by atoms with Crippen LogP contribution in [0.5, 0.6) is 0 Å². The fraction of sp³-hybridized carbons (Fsp3) is 0.867. The second-order valence-electron chi connectivity index (χ2n) is 5.74. The predicted octanol–water partition coefficient (Wildman–Crippen LogP) is 2.27. The highest BCUT2D eigenvalue weighted by molar-refractivity contribution is 4.90. The molecule has 0 amide bonds. The van der Waals surface area contributed by atoms with Crippen LogP contribution in [-0.4, -0.2) is 41.1 Å². The number of ether oxygens (including phenoxy) is 1. The number of hydrogen-bond donors (Lipinski definition) is 1. The molecular weight excluding hydrogens is 252 g/mol. The van der Waals surface area contributed by atoms with Crippen LogP contribution in [0.4, 0.5) is 0 Å². The minimum atomic E-state index is 0.459. The summed E-state index contributed by atoms with van der Waals surface area (Å²) in [6.45, 7) is 9.42. The van der Waals surface area contributed by atoms with Gasteiger partial charge in [-0.3, -0.25) is 0 Å². The number of nitrogens with zero attached hydrogens (tertiary/aromatic N) is 3. The van der Waals surface area contributed by atoms with Crippen molar-refractivity contribution in [3.05, 3.63) is 12.2 Å². The molecular formula is C15H30N4O. The molecule has 0 aromatic carbocycles. The third-order valence-electron chi connectivity index (χ3n) is 3.25. The number of aromatic nitrogens is 3. The molecule has 0 radical (unpaired) electrons. The first-order chi connectivity index (χ1) is 9.67. The van der Waals surface area contributed by atoms with Gasteiger partial charge in [-0.05, 0) is 31.7 Å². The average Bonchev–Trinajstić information content (AvgIpc) is 2.82. The molecule has 0 fully saturated rings. The van der Waals surface area contributed by atoms with Gasteiger partial charge in [-0.2, -0.15) is 5.10 Å². The Morgan fingerprint density at radius 1 is 1.40 bits per heavy atom. The van der Waals surface area contributed by atoms with Crippen LogP contribution in [0.2, 0.25) is 0 Å². The second kappa shape index (κ2) is 9.88. The van der Waals surface area contributed by atoms with E-state index in [4.69, 9.17) is 4.74 Å². The number of methoxy groups -OCH3 is 1. The molecule has 0 saturated heterocycles. The SMILES string of the molecule is CCCNC(CCCOC)Cc1ncnn1CC(C)C. The molecule has 0 spiro atoms. The summed E-state index contributed by atoms with van der Waals surface area (Å²) in [5.74, 6) is 1.68. The van der Waals surface area contributed by atoms with Gasteiger partial charge in [-0.25, -0.2) is 9.67 Å². The molecule has 5 heteroatoms. The molecule has 116 valence electrons. The van der Waals surface area contributed by atoms with Gasteiger partial charge < -0.3 is 10.1 Å². The Kier molecular flexibility index (Phi) is 8.46. The number of nitrogens with one attached hydrogen (secondary N) is 1. The summed E-state index contributed by atoms with van der Waals surface area (Å²) < 4.78 is 7.19. The van der Waals surface area contributed by atoms with Gasteiger partial charge in [0.25, 0.3) is 0 Å². The largest absolute Gasteiger partial charge is 0.385 e. The third kappa shape index (κ3) is 6.48. The van der Waals surface area contributed by atoms with E-state index in [0.717, 1.165) is 51.2 Å². The van der Waals surface area contributed by atoms with Crippen molar-refractivity contribution in [3.8, 4) is 0 Å². The zero-order chi connectivity index (χ0) is 14.8. The summed E-state index contributed by atoms with van der Waals surface area (Å²) >= 11 is 0. The normalized spacial score (nSPS) is 13.1. The standard InChI is InChI=1S/C15H30N4O/c1-5-8-16-14(7-6-9-20-4)10-15-17-12-18-19(15)11-13(2)3/h12-14,16H,5-11H2,1-4H3. The molecule has 20 heavy (non-hydrogen) atoms. The molecule has 1 aromatic rings. The molecule has 0 bridgehead atoms. The smallest absolute Gasteiger partial charge is 0.138 e. The maximum absolute atomic E-state index is 5.15. The molecule has 0 aliphatic heterocycles. The topological polar surface area (TPSA) is 52.0 Å². The first kappa shape index (κ1) is 17.1. The molecule has 0 saturated carbocycles. The van der Waals surface area contributed by atoms with Gasteiger partial charge in [0, 0.05) is 32.7 Å². The summed E-state index contributed by atoms with van der Waals surface area (Å²) in [5, 5.41) is 7.95. The van der Waals surface area contributed by atoms with Crippen LogP contribution in [0.25, 0.3) is 0 Å². The Morgan fingerprint density at radius 3 is 2.85 bits per heavy atom. The van der Waals surface area contributed by atoms with Crippen molar-refractivity contribution in [1.29, 1.82) is 0 Å². The van der Waals surface area contributed by atoms with Gasteiger partial charge in [0.2, 0.25) is 0 Å². The zero-order valence-corrected chi connectivity index (χ0v) is 13.4. The minimum absolute atomic E-state index is 0.459. The molecule has 5 nitrogen and oxygen atoms in total. The lowest BCUT2D eigenvalue weighted by Gasteiger charge is -2.18. The molecule has 0 aliphatic carbocycles. The maximum Gasteiger partial charge on any atom is 0.138 e. The van der Waals surface area contributed by atoms with Crippen LogP contribution in [0.15, 0.2) is 6.33 Å². The third-order valence-corrected chi connectivity index (χ3v) is 3.25. The Balaban J connectivity index is 2.55. The zero-order valence-electron chi connectivity index (χ0n) is 13.4. The van der Waals surface area contributed by atoms with Gasteiger partial charge in [0.1, 0.15) is 12.2 Å². The van der Waals surface area contributed by atoms with E-state index >= 15 is 0 Å². The van der Waals surface area contributed by atoms with Crippen LogP contribution in [-0.2, 0) is 17.7 Å². The van der Waals surface area contributed by atoms with E-state index in [9.17, 15) is 0 Å². The summed E-state index contributed by atoms with van der Waals surface area (Å²) in [4.78, 5) is 4.43. The first-order valence-corrected chi connectivity index (χ1v) is 7.76. The molecule has 1 N–H and O–H groups in total. The van der Waals surface area contributed by atoms with E-state index < -0.39 is 0 Å². The highest BCUT2D eigenvalue weighted by atomic mass is 16.5. The van der Waals surface area contributed by atoms with Crippen LogP contribution in [0.1, 0.15) is 45.9 Å². The van der Waals surface area contributed by atoms with Crippen molar-refractivity contribution in [2.75, 3.05) is 20.3 Å². The predicted molar refractivity (Wildman–Crippen MR) is 81.8 cm³/mol. The van der Waals surface area contributed by atoms with E-state index in [1.54, 1.807) is 13.4 Å². The maximum atomic E-state index is 5.15. The van der Waals surface area contributed by atoms with Gasteiger partial charge >= 0.3 is 0 Å².